The number of thiazole rings is 1. The van der Waals surface area contributed by atoms with Crippen molar-refractivity contribution in [2.75, 3.05) is 58.2 Å². The zero-order valence-corrected chi connectivity index (χ0v) is 20.1. The Balaban J connectivity index is 1.42. The Morgan fingerprint density at radius 3 is 2.85 bits per heavy atom. The van der Waals surface area contributed by atoms with Crippen LogP contribution in [0.2, 0.25) is 0 Å². The van der Waals surface area contributed by atoms with E-state index in [0.717, 1.165) is 59.9 Å². The molecule has 2 aromatic carbocycles. The molecule has 0 N–H and O–H groups in total. The van der Waals surface area contributed by atoms with Crippen molar-refractivity contribution in [1.29, 1.82) is 0 Å². The van der Waals surface area contributed by atoms with Crippen LogP contribution in [0.15, 0.2) is 36.4 Å². The van der Waals surface area contributed by atoms with E-state index in [0.29, 0.717) is 23.2 Å². The Bertz CT molecular complexity index is 1220. The van der Waals surface area contributed by atoms with Gasteiger partial charge in [0.25, 0.3) is 5.91 Å². The predicted octanol–water partition coefficient (Wildman–Crippen LogP) is 3.72. The van der Waals surface area contributed by atoms with Crippen molar-refractivity contribution in [3.63, 3.8) is 0 Å². The summed E-state index contributed by atoms with van der Waals surface area (Å²) in [6, 6.07) is 9.56. The number of aryl methyl sites for hydroxylation is 1. The van der Waals surface area contributed by atoms with E-state index in [4.69, 9.17) is 23.9 Å². The fourth-order valence-corrected chi connectivity index (χ4v) is 5.10. The molecule has 0 unspecified atom stereocenters. The third-order valence-electron chi connectivity index (χ3n) is 5.97. The lowest BCUT2D eigenvalue weighted by Crippen LogP contribution is -2.42. The van der Waals surface area contributed by atoms with E-state index in [1.54, 1.807) is 24.2 Å². The van der Waals surface area contributed by atoms with Gasteiger partial charge in [0, 0.05) is 32.3 Å². The zero-order valence-electron chi connectivity index (χ0n) is 19.3. The number of anilines is 1. The molecular weight excluding hydrogens is 454 g/mol. The number of carbonyl (C=O) groups excluding carboxylic acids is 1. The van der Waals surface area contributed by atoms with E-state index in [-0.39, 0.29) is 12.7 Å². The summed E-state index contributed by atoms with van der Waals surface area (Å²) in [6.07, 6.45) is 3.39. The van der Waals surface area contributed by atoms with E-state index < -0.39 is 0 Å². The Hall–Kier alpha value is -3.14. The molecule has 1 saturated heterocycles. The lowest BCUT2D eigenvalue weighted by molar-refractivity contribution is -0.114. The molecule has 178 valence electrons. The van der Waals surface area contributed by atoms with Crippen molar-refractivity contribution in [3.8, 4) is 17.2 Å². The molecule has 34 heavy (non-hydrogen) atoms. The SMILES string of the molecule is COc1ccc(C)c2sc(N(CCN3CCOCC3)C(=O)/C=C/c3ccc4c(c3)OCO4)nc12. The first kappa shape index (κ1) is 22.6. The quantitative estimate of drug-likeness (QED) is 0.476. The number of methoxy groups -OCH3 is 1. The molecule has 2 aliphatic heterocycles. The average molecular weight is 482 g/mol. The maximum Gasteiger partial charge on any atom is 0.252 e. The second-order valence-electron chi connectivity index (χ2n) is 8.15. The summed E-state index contributed by atoms with van der Waals surface area (Å²) in [5.41, 5.74) is 2.76. The van der Waals surface area contributed by atoms with Crippen molar-refractivity contribution >= 4 is 38.7 Å². The van der Waals surface area contributed by atoms with Gasteiger partial charge in [-0.05, 0) is 42.3 Å². The monoisotopic (exact) mass is 481 g/mol. The molecule has 0 saturated carbocycles. The van der Waals surface area contributed by atoms with E-state index >= 15 is 0 Å². The number of nitrogens with zero attached hydrogens (tertiary/aromatic N) is 3. The topological polar surface area (TPSA) is 73.4 Å². The molecule has 1 amide bonds. The molecule has 0 spiro atoms. The smallest absolute Gasteiger partial charge is 0.252 e. The first-order chi connectivity index (χ1) is 16.6. The summed E-state index contributed by atoms with van der Waals surface area (Å²) in [4.78, 5) is 22.3. The van der Waals surface area contributed by atoms with E-state index in [2.05, 4.69) is 4.90 Å². The number of hydrogen-bond acceptors (Lipinski definition) is 8. The summed E-state index contributed by atoms with van der Waals surface area (Å²) in [6.45, 7) is 6.71. The molecule has 3 aromatic rings. The van der Waals surface area contributed by atoms with Crippen molar-refractivity contribution in [2.24, 2.45) is 0 Å². The third-order valence-corrected chi connectivity index (χ3v) is 7.18. The van der Waals surface area contributed by atoms with Gasteiger partial charge in [-0.15, -0.1) is 0 Å². The predicted molar refractivity (Wildman–Crippen MR) is 132 cm³/mol. The molecular formula is C25H27N3O5S. The Morgan fingerprint density at radius 2 is 2.03 bits per heavy atom. The maximum absolute atomic E-state index is 13.4. The molecule has 3 heterocycles. The second-order valence-corrected chi connectivity index (χ2v) is 9.13. The number of fused-ring (bicyclic) bond motifs is 2. The van der Waals surface area contributed by atoms with E-state index in [1.165, 1.54) is 11.3 Å². The minimum absolute atomic E-state index is 0.124. The van der Waals surface area contributed by atoms with Crippen LogP contribution in [-0.4, -0.2) is 69.1 Å². The van der Waals surface area contributed by atoms with Crippen LogP contribution in [-0.2, 0) is 9.53 Å². The van der Waals surface area contributed by atoms with Crippen molar-refractivity contribution in [3.05, 3.63) is 47.5 Å². The number of ether oxygens (including phenoxy) is 4. The van der Waals surface area contributed by atoms with Crippen LogP contribution in [0.1, 0.15) is 11.1 Å². The van der Waals surface area contributed by atoms with E-state index in [9.17, 15) is 4.79 Å². The van der Waals surface area contributed by atoms with Gasteiger partial charge in [-0.3, -0.25) is 14.6 Å². The van der Waals surface area contributed by atoms with Crippen LogP contribution >= 0.6 is 11.3 Å². The highest BCUT2D eigenvalue weighted by molar-refractivity contribution is 7.22. The summed E-state index contributed by atoms with van der Waals surface area (Å²) in [7, 11) is 1.64. The largest absolute Gasteiger partial charge is 0.494 e. The van der Waals surface area contributed by atoms with Gasteiger partial charge in [0.05, 0.1) is 25.0 Å². The van der Waals surface area contributed by atoms with Crippen LogP contribution in [0.25, 0.3) is 16.3 Å². The minimum atomic E-state index is -0.124. The lowest BCUT2D eigenvalue weighted by atomic mass is 10.2. The minimum Gasteiger partial charge on any atom is -0.494 e. The Kier molecular flexibility index (Phi) is 6.66. The van der Waals surface area contributed by atoms with Gasteiger partial charge in [0.15, 0.2) is 16.6 Å². The highest BCUT2D eigenvalue weighted by atomic mass is 32.1. The lowest BCUT2D eigenvalue weighted by Gasteiger charge is -2.28. The maximum atomic E-state index is 13.4. The number of rotatable bonds is 7. The Morgan fingerprint density at radius 1 is 1.21 bits per heavy atom. The van der Waals surface area contributed by atoms with Gasteiger partial charge >= 0.3 is 0 Å². The highest BCUT2D eigenvalue weighted by Crippen LogP contribution is 2.37. The summed E-state index contributed by atoms with van der Waals surface area (Å²) < 4.78 is 22.8. The van der Waals surface area contributed by atoms with E-state index in [1.807, 2.05) is 37.3 Å². The summed E-state index contributed by atoms with van der Waals surface area (Å²) in [5.74, 6) is 1.99. The summed E-state index contributed by atoms with van der Waals surface area (Å²) in [5, 5.41) is 0.663. The van der Waals surface area contributed by atoms with Crippen LogP contribution in [0.3, 0.4) is 0 Å². The van der Waals surface area contributed by atoms with Crippen LogP contribution < -0.4 is 19.1 Å². The van der Waals surface area contributed by atoms with Gasteiger partial charge in [0.2, 0.25) is 6.79 Å². The first-order valence-electron chi connectivity index (χ1n) is 11.3. The average Bonchev–Trinajstić information content (AvgIpc) is 3.51. The molecule has 1 aromatic heterocycles. The number of hydrogen-bond donors (Lipinski definition) is 0. The molecule has 9 heteroatoms. The van der Waals surface area contributed by atoms with Gasteiger partial charge in [-0.1, -0.05) is 23.5 Å². The number of amides is 1. The first-order valence-corrected chi connectivity index (χ1v) is 12.1. The van der Waals surface area contributed by atoms with Crippen molar-refractivity contribution in [2.45, 2.75) is 6.92 Å². The normalized spacial score (nSPS) is 15.8. The van der Waals surface area contributed by atoms with Crippen LogP contribution in [0, 0.1) is 6.92 Å². The number of morpholine rings is 1. The Labute approximate surface area is 202 Å². The fourth-order valence-electron chi connectivity index (χ4n) is 4.02. The van der Waals surface area contributed by atoms with Gasteiger partial charge in [0.1, 0.15) is 11.3 Å². The number of benzene rings is 2. The van der Waals surface area contributed by atoms with Gasteiger partial charge in [-0.2, -0.15) is 0 Å². The van der Waals surface area contributed by atoms with Crippen LogP contribution in [0.4, 0.5) is 5.13 Å². The van der Waals surface area contributed by atoms with Crippen LogP contribution in [0.5, 0.6) is 17.2 Å². The molecule has 8 nitrogen and oxygen atoms in total. The highest BCUT2D eigenvalue weighted by Gasteiger charge is 2.22. The number of carbonyl (C=O) groups is 1. The third kappa shape index (κ3) is 4.72. The molecule has 2 aliphatic rings. The second kappa shape index (κ2) is 10.0. The van der Waals surface area contributed by atoms with Crippen molar-refractivity contribution < 1.29 is 23.7 Å². The van der Waals surface area contributed by atoms with Gasteiger partial charge in [-0.25, -0.2) is 4.98 Å². The summed E-state index contributed by atoms with van der Waals surface area (Å²) >= 11 is 1.51. The number of aromatic nitrogens is 1. The molecule has 0 radical (unpaired) electrons. The molecule has 1 fully saturated rings. The molecule has 0 bridgehead atoms. The fraction of sp³-hybridized carbons (Fsp3) is 0.360. The van der Waals surface area contributed by atoms with Crippen molar-refractivity contribution in [1.82, 2.24) is 9.88 Å². The van der Waals surface area contributed by atoms with Gasteiger partial charge < -0.3 is 18.9 Å². The molecule has 0 atom stereocenters. The standard InChI is InChI=1S/C25H27N3O5S/c1-17-3-6-20(30-2)23-24(17)34-25(26-23)28(10-9-27-11-13-31-14-12-27)22(29)8-5-18-4-7-19-21(15-18)33-16-32-19/h3-8,15H,9-14,16H2,1-2H3/b8-5+. The molecule has 5 rings (SSSR count). The zero-order chi connectivity index (χ0) is 23.5. The molecule has 0 aliphatic carbocycles.